The molecule has 0 aliphatic heterocycles. The van der Waals surface area contributed by atoms with Crippen LogP contribution in [0.15, 0.2) is 24.3 Å². The summed E-state index contributed by atoms with van der Waals surface area (Å²) >= 11 is 0. The molecule has 0 heterocycles. The van der Waals surface area contributed by atoms with Gasteiger partial charge in [0.05, 0.1) is 0 Å². The van der Waals surface area contributed by atoms with Crippen molar-refractivity contribution in [2.45, 2.75) is 0 Å². The van der Waals surface area contributed by atoms with Gasteiger partial charge in [-0.1, -0.05) is 17.3 Å². The Morgan fingerprint density at radius 1 is 1.38 bits per heavy atom. The lowest BCUT2D eigenvalue weighted by atomic mass is 10.3. The highest BCUT2D eigenvalue weighted by Gasteiger charge is 1.84. The second-order valence-corrected chi connectivity index (χ2v) is 2.95. The van der Waals surface area contributed by atoms with Crippen molar-refractivity contribution in [3.05, 3.63) is 30.1 Å². The van der Waals surface area contributed by atoms with Crippen molar-refractivity contribution in [2.75, 3.05) is 0 Å². The molecule has 0 atom stereocenters. The number of benzene rings is 1. The van der Waals surface area contributed by atoms with Gasteiger partial charge in [0, 0.05) is 10.2 Å². The summed E-state index contributed by atoms with van der Waals surface area (Å²) in [5.41, 5.74) is 0. The molecule has 0 unspecified atom stereocenters. The Kier molecular flexibility index (Phi) is 1.44. The molecular formula is C6H7FSi. The Balaban J connectivity index is 3.08. The Morgan fingerprint density at radius 3 is 2.50 bits per heavy atom. The first-order valence-electron chi connectivity index (χ1n) is 2.51. The summed E-state index contributed by atoms with van der Waals surface area (Å²) in [7, 11) is 0.932. The maximum Gasteiger partial charge on any atom is 0.123 e. The van der Waals surface area contributed by atoms with E-state index in [2.05, 4.69) is 0 Å². The van der Waals surface area contributed by atoms with Crippen LogP contribution < -0.4 is 5.19 Å². The molecule has 1 aromatic carbocycles. The van der Waals surface area contributed by atoms with Gasteiger partial charge in [-0.15, -0.1) is 0 Å². The van der Waals surface area contributed by atoms with E-state index >= 15 is 0 Å². The van der Waals surface area contributed by atoms with Crippen LogP contribution in [-0.4, -0.2) is 10.2 Å². The third kappa shape index (κ3) is 1.17. The average Bonchev–Trinajstić information content (AvgIpc) is 1.64. The fourth-order valence-corrected chi connectivity index (χ4v) is 1.07. The molecule has 0 amide bonds. The SMILES string of the molecule is Fc1cccc([SiH3])c1. The van der Waals surface area contributed by atoms with Crippen molar-refractivity contribution in [3.63, 3.8) is 0 Å². The van der Waals surface area contributed by atoms with Gasteiger partial charge in [0.15, 0.2) is 0 Å². The zero-order chi connectivity index (χ0) is 5.98. The van der Waals surface area contributed by atoms with Gasteiger partial charge in [-0.05, 0) is 12.1 Å². The molecule has 0 aliphatic rings. The van der Waals surface area contributed by atoms with Crippen LogP contribution in [0.25, 0.3) is 0 Å². The second kappa shape index (κ2) is 2.09. The van der Waals surface area contributed by atoms with Gasteiger partial charge in [-0.3, -0.25) is 0 Å². The van der Waals surface area contributed by atoms with Crippen LogP contribution >= 0.6 is 0 Å². The largest absolute Gasteiger partial charge is 0.207 e. The summed E-state index contributed by atoms with van der Waals surface area (Å²) in [4.78, 5) is 0. The molecule has 42 valence electrons. The fraction of sp³-hybridized carbons (Fsp3) is 0. The number of halogens is 1. The van der Waals surface area contributed by atoms with Gasteiger partial charge in [0.25, 0.3) is 0 Å². The lowest BCUT2D eigenvalue weighted by molar-refractivity contribution is 0.629. The summed E-state index contributed by atoms with van der Waals surface area (Å²) in [6.45, 7) is 0. The Morgan fingerprint density at radius 2 is 2.12 bits per heavy atom. The minimum Gasteiger partial charge on any atom is -0.207 e. The van der Waals surface area contributed by atoms with Crippen LogP contribution in [0, 0.1) is 5.82 Å². The highest BCUT2D eigenvalue weighted by Crippen LogP contribution is 1.89. The summed E-state index contributed by atoms with van der Waals surface area (Å²) in [5.74, 6) is -0.127. The molecular weight excluding hydrogens is 119 g/mol. The quantitative estimate of drug-likeness (QED) is 0.423. The molecule has 0 nitrogen and oxygen atoms in total. The first-order chi connectivity index (χ1) is 3.79. The average molecular weight is 126 g/mol. The lowest BCUT2D eigenvalue weighted by Crippen LogP contribution is -2.00. The summed E-state index contributed by atoms with van der Waals surface area (Å²) in [5, 5.41) is 1.10. The minimum atomic E-state index is -0.127. The maximum atomic E-state index is 12.2. The molecule has 8 heavy (non-hydrogen) atoms. The van der Waals surface area contributed by atoms with Crippen molar-refractivity contribution in [1.82, 2.24) is 0 Å². The van der Waals surface area contributed by atoms with E-state index in [1.807, 2.05) is 6.07 Å². The Hall–Kier alpha value is -0.633. The maximum absolute atomic E-state index is 12.2. The van der Waals surface area contributed by atoms with E-state index in [9.17, 15) is 4.39 Å². The van der Waals surface area contributed by atoms with E-state index in [1.54, 1.807) is 12.1 Å². The van der Waals surface area contributed by atoms with Crippen LogP contribution in [0.3, 0.4) is 0 Å². The molecule has 2 heteroatoms. The van der Waals surface area contributed by atoms with Crippen molar-refractivity contribution < 1.29 is 4.39 Å². The molecule has 1 aromatic rings. The highest BCUT2D eigenvalue weighted by molar-refractivity contribution is 6.32. The molecule has 0 aromatic heterocycles. The van der Waals surface area contributed by atoms with Crippen LogP contribution in [0.4, 0.5) is 4.39 Å². The Bertz CT molecular complexity index is 168. The van der Waals surface area contributed by atoms with Crippen LogP contribution in [0.1, 0.15) is 0 Å². The van der Waals surface area contributed by atoms with Crippen molar-refractivity contribution >= 4 is 15.4 Å². The zero-order valence-corrected chi connectivity index (χ0v) is 6.69. The third-order valence-corrected chi connectivity index (χ3v) is 1.60. The van der Waals surface area contributed by atoms with E-state index in [-0.39, 0.29) is 5.82 Å². The highest BCUT2D eigenvalue weighted by atomic mass is 28.1. The van der Waals surface area contributed by atoms with Gasteiger partial charge in [-0.2, -0.15) is 0 Å². The lowest BCUT2D eigenvalue weighted by Gasteiger charge is -1.87. The minimum absolute atomic E-state index is 0.127. The topological polar surface area (TPSA) is 0 Å². The summed E-state index contributed by atoms with van der Waals surface area (Å²) in [6.07, 6.45) is 0. The standard InChI is InChI=1S/C6H7FSi/c7-5-2-1-3-6(8)4-5/h1-4H,8H3. The van der Waals surface area contributed by atoms with E-state index in [0.29, 0.717) is 0 Å². The van der Waals surface area contributed by atoms with Crippen LogP contribution in [-0.2, 0) is 0 Å². The molecule has 0 aliphatic carbocycles. The summed E-state index contributed by atoms with van der Waals surface area (Å²) < 4.78 is 12.2. The molecule has 0 radical (unpaired) electrons. The van der Waals surface area contributed by atoms with Crippen LogP contribution in [0.5, 0.6) is 0 Å². The van der Waals surface area contributed by atoms with Gasteiger partial charge >= 0.3 is 0 Å². The second-order valence-electron chi connectivity index (χ2n) is 1.80. The molecule has 0 N–H and O–H groups in total. The fourth-order valence-electron chi connectivity index (χ4n) is 0.606. The van der Waals surface area contributed by atoms with E-state index in [0.717, 1.165) is 15.4 Å². The van der Waals surface area contributed by atoms with Crippen molar-refractivity contribution in [3.8, 4) is 0 Å². The number of hydrogen-bond acceptors (Lipinski definition) is 0. The van der Waals surface area contributed by atoms with E-state index in [1.165, 1.54) is 6.07 Å². The number of rotatable bonds is 0. The zero-order valence-electron chi connectivity index (χ0n) is 4.69. The monoisotopic (exact) mass is 126 g/mol. The molecule has 0 saturated carbocycles. The molecule has 0 spiro atoms. The molecule has 0 bridgehead atoms. The molecule has 0 saturated heterocycles. The first kappa shape index (κ1) is 5.50. The van der Waals surface area contributed by atoms with E-state index < -0.39 is 0 Å². The molecule has 0 fully saturated rings. The van der Waals surface area contributed by atoms with Gasteiger partial charge < -0.3 is 0 Å². The first-order valence-corrected chi connectivity index (χ1v) is 3.51. The smallest absolute Gasteiger partial charge is 0.123 e. The summed E-state index contributed by atoms with van der Waals surface area (Å²) in [6, 6.07) is 6.68. The van der Waals surface area contributed by atoms with Crippen molar-refractivity contribution in [1.29, 1.82) is 0 Å². The van der Waals surface area contributed by atoms with Crippen molar-refractivity contribution in [2.24, 2.45) is 0 Å². The van der Waals surface area contributed by atoms with Gasteiger partial charge in [-0.25, -0.2) is 4.39 Å². The van der Waals surface area contributed by atoms with E-state index in [4.69, 9.17) is 0 Å². The van der Waals surface area contributed by atoms with Gasteiger partial charge in [0.1, 0.15) is 5.82 Å². The third-order valence-electron chi connectivity index (χ3n) is 0.980. The normalized spacial score (nSPS) is 9.62. The predicted octanol–water partition coefficient (Wildman–Crippen LogP) is -0.184. The number of hydrogen-bond donors (Lipinski definition) is 0. The van der Waals surface area contributed by atoms with Gasteiger partial charge in [0.2, 0.25) is 0 Å². The Labute approximate surface area is 50.8 Å². The molecule has 1 rings (SSSR count). The van der Waals surface area contributed by atoms with Crippen LogP contribution in [0.2, 0.25) is 0 Å². The predicted molar refractivity (Wildman–Crippen MR) is 36.0 cm³/mol.